The first-order chi connectivity index (χ1) is 7.06. The van der Waals surface area contributed by atoms with Gasteiger partial charge in [-0.25, -0.2) is 0 Å². The van der Waals surface area contributed by atoms with E-state index in [0.717, 1.165) is 0 Å². The molecule has 0 spiro atoms. The van der Waals surface area contributed by atoms with Crippen LogP contribution >= 0.6 is 11.6 Å². The quantitative estimate of drug-likeness (QED) is 0.614. The number of hydrogen-bond donors (Lipinski definition) is 2. The lowest BCUT2D eigenvalue weighted by molar-refractivity contribution is -0.138. The van der Waals surface area contributed by atoms with Gasteiger partial charge in [-0.15, -0.1) is 0 Å². The van der Waals surface area contributed by atoms with Gasteiger partial charge in [0.25, 0.3) is 0 Å². The predicted octanol–water partition coefficient (Wildman–Crippen LogP) is 1.94. The summed E-state index contributed by atoms with van der Waals surface area (Å²) < 4.78 is 4.47. The molecule has 0 atom stereocenters. The van der Waals surface area contributed by atoms with Crippen LogP contribution in [-0.2, 0) is 9.53 Å². The van der Waals surface area contributed by atoms with Crippen molar-refractivity contribution in [2.45, 2.75) is 6.92 Å². The van der Waals surface area contributed by atoms with Gasteiger partial charge in [-0.3, -0.25) is 4.79 Å². The molecular weight excluding hydrogens is 218 g/mol. The largest absolute Gasteiger partial charge is 0.506 e. The van der Waals surface area contributed by atoms with Crippen molar-refractivity contribution in [2.24, 2.45) is 0 Å². The van der Waals surface area contributed by atoms with Crippen molar-refractivity contribution >= 4 is 23.3 Å². The normalized spacial score (nSPS) is 9.80. The zero-order valence-electron chi connectivity index (χ0n) is 8.50. The summed E-state index contributed by atoms with van der Waals surface area (Å²) >= 11 is 5.87. The summed E-state index contributed by atoms with van der Waals surface area (Å²) in [5.41, 5.74) is 1.15. The third-order valence-corrected chi connectivity index (χ3v) is 2.42. The van der Waals surface area contributed by atoms with Crippen LogP contribution in [-0.4, -0.2) is 24.7 Å². The van der Waals surface area contributed by atoms with E-state index in [-0.39, 0.29) is 12.3 Å². The van der Waals surface area contributed by atoms with E-state index in [1.54, 1.807) is 13.0 Å². The molecule has 1 aromatic rings. The number of aromatic hydroxyl groups is 1. The van der Waals surface area contributed by atoms with Crippen LogP contribution in [0.25, 0.3) is 0 Å². The van der Waals surface area contributed by atoms with E-state index in [1.165, 1.54) is 13.2 Å². The molecule has 0 fully saturated rings. The van der Waals surface area contributed by atoms with E-state index in [1.807, 2.05) is 0 Å². The van der Waals surface area contributed by atoms with Crippen LogP contribution in [0.1, 0.15) is 5.56 Å². The first kappa shape index (κ1) is 11.7. The van der Waals surface area contributed by atoms with E-state index >= 15 is 0 Å². The molecule has 0 radical (unpaired) electrons. The Labute approximate surface area is 92.8 Å². The number of carbonyl (C=O) groups excluding carboxylic acids is 1. The molecule has 0 aliphatic carbocycles. The highest BCUT2D eigenvalue weighted by atomic mass is 35.5. The number of halogens is 1. The average molecular weight is 230 g/mol. The molecule has 82 valence electrons. The van der Waals surface area contributed by atoms with Gasteiger partial charge in [-0.1, -0.05) is 11.6 Å². The lowest BCUT2D eigenvalue weighted by Crippen LogP contribution is -2.15. The van der Waals surface area contributed by atoms with Gasteiger partial charge < -0.3 is 15.2 Å². The molecule has 0 saturated heterocycles. The fourth-order valence-electron chi connectivity index (χ4n) is 1.13. The molecule has 1 aromatic carbocycles. The van der Waals surface area contributed by atoms with E-state index in [4.69, 9.17) is 11.6 Å². The van der Waals surface area contributed by atoms with Gasteiger partial charge in [0, 0.05) is 5.02 Å². The Balaban J connectivity index is 2.84. The Morgan fingerprint density at radius 1 is 1.60 bits per heavy atom. The zero-order valence-corrected chi connectivity index (χ0v) is 9.26. The number of esters is 1. The lowest BCUT2D eigenvalue weighted by Gasteiger charge is -2.11. The number of hydrogen-bond acceptors (Lipinski definition) is 4. The zero-order chi connectivity index (χ0) is 11.4. The second-order valence-electron chi connectivity index (χ2n) is 3.00. The molecule has 0 heterocycles. The molecule has 1 rings (SSSR count). The highest BCUT2D eigenvalue weighted by Crippen LogP contribution is 2.31. The topological polar surface area (TPSA) is 58.6 Å². The summed E-state index contributed by atoms with van der Waals surface area (Å²) in [5, 5.41) is 12.8. The Kier molecular flexibility index (Phi) is 3.80. The number of nitrogens with one attached hydrogen (secondary N) is 1. The summed E-state index contributed by atoms with van der Waals surface area (Å²) in [5.74, 6) is -0.352. The molecule has 0 amide bonds. The van der Waals surface area contributed by atoms with Crippen molar-refractivity contribution in [1.29, 1.82) is 0 Å². The average Bonchev–Trinajstić information content (AvgIpc) is 2.23. The van der Waals surface area contributed by atoms with Crippen LogP contribution in [0.15, 0.2) is 12.1 Å². The van der Waals surface area contributed by atoms with E-state index in [0.29, 0.717) is 16.3 Å². The molecule has 5 heteroatoms. The first-order valence-corrected chi connectivity index (χ1v) is 4.72. The SMILES string of the molecule is COC(=O)CNc1c(O)ccc(Cl)c1C. The maximum absolute atomic E-state index is 10.9. The summed E-state index contributed by atoms with van der Waals surface area (Å²) in [6.45, 7) is 1.74. The van der Waals surface area contributed by atoms with E-state index in [9.17, 15) is 9.90 Å². The van der Waals surface area contributed by atoms with Crippen molar-refractivity contribution in [3.63, 3.8) is 0 Å². The number of methoxy groups -OCH3 is 1. The van der Waals surface area contributed by atoms with Crippen LogP contribution in [0.5, 0.6) is 5.75 Å². The number of rotatable bonds is 3. The number of carbonyl (C=O) groups is 1. The molecule has 15 heavy (non-hydrogen) atoms. The summed E-state index contributed by atoms with van der Waals surface area (Å²) in [6.07, 6.45) is 0. The Morgan fingerprint density at radius 2 is 2.27 bits per heavy atom. The van der Waals surface area contributed by atoms with Crippen molar-refractivity contribution in [1.82, 2.24) is 0 Å². The maximum Gasteiger partial charge on any atom is 0.325 e. The molecule has 0 saturated carbocycles. The number of phenols is 1. The number of ether oxygens (including phenoxy) is 1. The van der Waals surface area contributed by atoms with Gasteiger partial charge in [0.15, 0.2) is 0 Å². The molecular formula is C10H12ClNO3. The molecule has 0 bridgehead atoms. The third-order valence-electron chi connectivity index (χ3n) is 2.01. The van der Waals surface area contributed by atoms with Crippen molar-refractivity contribution in [3.05, 3.63) is 22.7 Å². The summed E-state index contributed by atoms with van der Waals surface area (Å²) in [4.78, 5) is 10.9. The first-order valence-electron chi connectivity index (χ1n) is 4.35. The molecule has 0 aromatic heterocycles. The molecule has 0 unspecified atom stereocenters. The van der Waals surface area contributed by atoms with Gasteiger partial charge in [-0.2, -0.15) is 0 Å². The van der Waals surface area contributed by atoms with Crippen LogP contribution < -0.4 is 5.32 Å². The minimum absolute atomic E-state index is 0.00869. The summed E-state index contributed by atoms with van der Waals surface area (Å²) in [6, 6.07) is 3.06. The standard InChI is InChI=1S/C10H12ClNO3/c1-6-7(11)3-4-8(13)10(6)12-5-9(14)15-2/h3-4,12-13H,5H2,1-2H3. The van der Waals surface area contributed by atoms with Crippen LogP contribution in [0.2, 0.25) is 5.02 Å². The van der Waals surface area contributed by atoms with E-state index < -0.39 is 5.97 Å². The molecule has 2 N–H and O–H groups in total. The van der Waals surface area contributed by atoms with Crippen molar-refractivity contribution < 1.29 is 14.6 Å². The van der Waals surface area contributed by atoms with Gasteiger partial charge >= 0.3 is 5.97 Å². The maximum atomic E-state index is 10.9. The lowest BCUT2D eigenvalue weighted by atomic mass is 10.2. The Bertz CT molecular complexity index is 379. The molecule has 0 aliphatic heterocycles. The predicted molar refractivity (Wildman–Crippen MR) is 58.4 cm³/mol. The second-order valence-corrected chi connectivity index (χ2v) is 3.40. The van der Waals surface area contributed by atoms with Crippen LogP contribution in [0.3, 0.4) is 0 Å². The fraction of sp³-hybridized carbons (Fsp3) is 0.300. The highest BCUT2D eigenvalue weighted by molar-refractivity contribution is 6.31. The van der Waals surface area contributed by atoms with Crippen LogP contribution in [0, 0.1) is 6.92 Å². The number of anilines is 1. The smallest absolute Gasteiger partial charge is 0.325 e. The summed E-state index contributed by atoms with van der Waals surface area (Å²) in [7, 11) is 1.30. The van der Waals surface area contributed by atoms with Gasteiger partial charge in [0.1, 0.15) is 12.3 Å². The highest BCUT2D eigenvalue weighted by Gasteiger charge is 2.09. The van der Waals surface area contributed by atoms with E-state index in [2.05, 4.69) is 10.1 Å². The van der Waals surface area contributed by atoms with Gasteiger partial charge in [0.05, 0.1) is 12.8 Å². The molecule has 4 nitrogen and oxygen atoms in total. The monoisotopic (exact) mass is 229 g/mol. The minimum Gasteiger partial charge on any atom is -0.506 e. The molecule has 0 aliphatic rings. The van der Waals surface area contributed by atoms with Gasteiger partial charge in [-0.05, 0) is 24.6 Å². The third kappa shape index (κ3) is 2.76. The van der Waals surface area contributed by atoms with Crippen molar-refractivity contribution in [2.75, 3.05) is 19.0 Å². The Morgan fingerprint density at radius 3 is 2.87 bits per heavy atom. The number of phenolic OH excluding ortho intramolecular Hbond substituents is 1. The fourth-order valence-corrected chi connectivity index (χ4v) is 1.29. The van der Waals surface area contributed by atoms with Crippen LogP contribution in [0.4, 0.5) is 5.69 Å². The van der Waals surface area contributed by atoms with Crippen molar-refractivity contribution in [3.8, 4) is 5.75 Å². The van der Waals surface area contributed by atoms with Gasteiger partial charge in [0.2, 0.25) is 0 Å². The number of benzene rings is 1. The minimum atomic E-state index is -0.409. The Hall–Kier alpha value is -1.42. The second kappa shape index (κ2) is 4.89.